The molecule has 1 aromatic rings. The van der Waals surface area contributed by atoms with Crippen LogP contribution in [0.1, 0.15) is 49.7 Å². The molecule has 0 radical (unpaired) electrons. The summed E-state index contributed by atoms with van der Waals surface area (Å²) in [5.41, 5.74) is 3.37. The average molecular weight is 276 g/mol. The quantitative estimate of drug-likeness (QED) is 0.800. The molecule has 104 valence electrons. The van der Waals surface area contributed by atoms with E-state index in [2.05, 4.69) is 30.8 Å². The Labute approximate surface area is 122 Å². The van der Waals surface area contributed by atoms with Crippen LogP contribution in [0.5, 0.6) is 5.75 Å². The van der Waals surface area contributed by atoms with Gasteiger partial charge in [-0.3, -0.25) is 0 Å². The second-order valence-corrected chi connectivity index (χ2v) is 6.61. The number of benzene rings is 1. The standard InChI is InChI=1S/C17H24OS/c19-13-17(9-3-4-10-17)12-18-16-8-7-14-5-1-2-6-15(14)11-16/h7-8,11,19H,1-6,9-10,12-13H2. The van der Waals surface area contributed by atoms with Gasteiger partial charge in [-0.05, 0) is 67.5 Å². The zero-order chi connectivity index (χ0) is 13.1. The summed E-state index contributed by atoms with van der Waals surface area (Å²) in [6.45, 7) is 0.843. The maximum atomic E-state index is 6.10. The third-order valence-electron chi connectivity index (χ3n) is 4.86. The van der Waals surface area contributed by atoms with Gasteiger partial charge < -0.3 is 4.74 Å². The van der Waals surface area contributed by atoms with E-state index in [1.54, 1.807) is 0 Å². The summed E-state index contributed by atoms with van der Waals surface area (Å²) in [5, 5.41) is 0. The maximum absolute atomic E-state index is 6.10. The van der Waals surface area contributed by atoms with Crippen LogP contribution in [-0.2, 0) is 12.8 Å². The Morgan fingerprint density at radius 2 is 1.74 bits per heavy atom. The lowest BCUT2D eigenvalue weighted by atomic mass is 9.89. The van der Waals surface area contributed by atoms with Crippen LogP contribution < -0.4 is 4.74 Å². The topological polar surface area (TPSA) is 9.23 Å². The molecule has 0 atom stereocenters. The summed E-state index contributed by atoms with van der Waals surface area (Å²) in [4.78, 5) is 0. The summed E-state index contributed by atoms with van der Waals surface area (Å²) in [6.07, 6.45) is 10.4. The van der Waals surface area contributed by atoms with Crippen LogP contribution in [0, 0.1) is 5.41 Å². The minimum Gasteiger partial charge on any atom is -0.493 e. The molecule has 3 rings (SSSR count). The second-order valence-electron chi connectivity index (χ2n) is 6.29. The Morgan fingerprint density at radius 3 is 2.47 bits per heavy atom. The molecule has 0 N–H and O–H groups in total. The molecule has 0 aromatic heterocycles. The van der Waals surface area contributed by atoms with Gasteiger partial charge in [-0.25, -0.2) is 0 Å². The highest BCUT2D eigenvalue weighted by molar-refractivity contribution is 7.80. The first-order valence-electron chi connectivity index (χ1n) is 7.67. The van der Waals surface area contributed by atoms with Crippen LogP contribution in [0.15, 0.2) is 18.2 Å². The van der Waals surface area contributed by atoms with Crippen molar-refractivity contribution in [1.29, 1.82) is 0 Å². The molecule has 0 unspecified atom stereocenters. The van der Waals surface area contributed by atoms with Crippen molar-refractivity contribution in [3.8, 4) is 5.75 Å². The molecule has 1 aromatic carbocycles. The van der Waals surface area contributed by atoms with Crippen LogP contribution in [0.25, 0.3) is 0 Å². The van der Waals surface area contributed by atoms with E-state index in [0.29, 0.717) is 5.41 Å². The molecule has 1 fully saturated rings. The zero-order valence-electron chi connectivity index (χ0n) is 11.7. The molecule has 0 heterocycles. The molecule has 2 aliphatic rings. The minimum atomic E-state index is 0.332. The predicted molar refractivity (Wildman–Crippen MR) is 83.3 cm³/mol. The maximum Gasteiger partial charge on any atom is 0.119 e. The number of ether oxygens (including phenoxy) is 1. The first-order chi connectivity index (χ1) is 9.31. The van der Waals surface area contributed by atoms with Crippen molar-refractivity contribution < 1.29 is 4.74 Å². The molecule has 0 bridgehead atoms. The average Bonchev–Trinajstić information content (AvgIpc) is 2.94. The first kappa shape index (κ1) is 13.4. The van der Waals surface area contributed by atoms with Gasteiger partial charge in [0.2, 0.25) is 0 Å². The van der Waals surface area contributed by atoms with E-state index in [9.17, 15) is 0 Å². The van der Waals surface area contributed by atoms with Gasteiger partial charge in [0.25, 0.3) is 0 Å². The molecular formula is C17H24OS. The predicted octanol–water partition coefficient (Wildman–Crippen LogP) is 4.43. The minimum absolute atomic E-state index is 0.332. The number of hydrogen-bond acceptors (Lipinski definition) is 2. The zero-order valence-corrected chi connectivity index (χ0v) is 12.6. The summed E-state index contributed by atoms with van der Waals surface area (Å²) < 4.78 is 6.10. The van der Waals surface area contributed by atoms with Crippen LogP contribution in [0.2, 0.25) is 0 Å². The van der Waals surface area contributed by atoms with E-state index in [4.69, 9.17) is 4.74 Å². The van der Waals surface area contributed by atoms with Crippen LogP contribution >= 0.6 is 12.6 Å². The number of hydrogen-bond donors (Lipinski definition) is 1. The van der Waals surface area contributed by atoms with Gasteiger partial charge in [-0.15, -0.1) is 0 Å². The highest BCUT2D eigenvalue weighted by Gasteiger charge is 2.33. The van der Waals surface area contributed by atoms with Gasteiger partial charge in [0.1, 0.15) is 5.75 Å². The van der Waals surface area contributed by atoms with Crippen LogP contribution in [0.4, 0.5) is 0 Å². The number of aryl methyl sites for hydroxylation is 2. The second kappa shape index (κ2) is 5.78. The summed E-state index contributed by atoms with van der Waals surface area (Å²) >= 11 is 4.55. The van der Waals surface area contributed by atoms with Crippen molar-refractivity contribution in [2.45, 2.75) is 51.4 Å². The van der Waals surface area contributed by atoms with Crippen molar-refractivity contribution in [1.82, 2.24) is 0 Å². The summed E-state index contributed by atoms with van der Waals surface area (Å²) in [5.74, 6) is 2.02. The van der Waals surface area contributed by atoms with Gasteiger partial charge in [-0.1, -0.05) is 18.9 Å². The van der Waals surface area contributed by atoms with Gasteiger partial charge in [0.15, 0.2) is 0 Å². The SMILES string of the molecule is SCC1(COc2ccc3c(c2)CCCC3)CCCC1. The van der Waals surface area contributed by atoms with Gasteiger partial charge >= 0.3 is 0 Å². The van der Waals surface area contributed by atoms with Crippen molar-refractivity contribution >= 4 is 12.6 Å². The smallest absolute Gasteiger partial charge is 0.119 e. The Balaban J connectivity index is 1.66. The highest BCUT2D eigenvalue weighted by atomic mass is 32.1. The van der Waals surface area contributed by atoms with E-state index in [1.807, 2.05) is 0 Å². The first-order valence-corrected chi connectivity index (χ1v) is 8.30. The molecule has 19 heavy (non-hydrogen) atoms. The van der Waals surface area contributed by atoms with Crippen molar-refractivity contribution in [3.05, 3.63) is 29.3 Å². The molecule has 0 saturated heterocycles. The Bertz CT molecular complexity index is 435. The third-order valence-corrected chi connectivity index (χ3v) is 5.54. The molecule has 2 heteroatoms. The Kier molecular flexibility index (Phi) is 4.07. The van der Waals surface area contributed by atoms with Crippen LogP contribution in [-0.4, -0.2) is 12.4 Å². The van der Waals surface area contributed by atoms with Gasteiger partial charge in [-0.2, -0.15) is 12.6 Å². The lowest BCUT2D eigenvalue weighted by Gasteiger charge is -2.27. The van der Waals surface area contributed by atoms with E-state index in [-0.39, 0.29) is 0 Å². The largest absolute Gasteiger partial charge is 0.493 e. The fourth-order valence-corrected chi connectivity index (χ4v) is 3.92. The molecule has 1 saturated carbocycles. The molecule has 2 aliphatic carbocycles. The van der Waals surface area contributed by atoms with Gasteiger partial charge in [0.05, 0.1) is 6.61 Å². The number of rotatable bonds is 4. The lowest BCUT2D eigenvalue weighted by Crippen LogP contribution is -2.27. The normalized spacial score (nSPS) is 21.1. The van der Waals surface area contributed by atoms with E-state index in [1.165, 1.54) is 62.5 Å². The molecule has 1 nitrogen and oxygen atoms in total. The Hall–Kier alpha value is -0.630. The van der Waals surface area contributed by atoms with Crippen LogP contribution in [0.3, 0.4) is 0 Å². The third kappa shape index (κ3) is 2.94. The summed E-state index contributed by atoms with van der Waals surface area (Å²) in [6, 6.07) is 6.70. The fourth-order valence-electron chi connectivity index (χ4n) is 3.51. The number of thiol groups is 1. The van der Waals surface area contributed by atoms with E-state index in [0.717, 1.165) is 18.1 Å². The van der Waals surface area contributed by atoms with E-state index < -0.39 is 0 Å². The van der Waals surface area contributed by atoms with Crippen molar-refractivity contribution in [3.63, 3.8) is 0 Å². The molecular weight excluding hydrogens is 252 g/mol. The molecule has 0 spiro atoms. The highest BCUT2D eigenvalue weighted by Crippen LogP contribution is 2.39. The summed E-state index contributed by atoms with van der Waals surface area (Å²) in [7, 11) is 0. The monoisotopic (exact) mass is 276 g/mol. The molecule has 0 amide bonds. The van der Waals surface area contributed by atoms with Crippen molar-refractivity contribution in [2.24, 2.45) is 5.41 Å². The Morgan fingerprint density at radius 1 is 1.00 bits per heavy atom. The molecule has 0 aliphatic heterocycles. The van der Waals surface area contributed by atoms with Gasteiger partial charge in [0, 0.05) is 5.41 Å². The van der Waals surface area contributed by atoms with Crippen molar-refractivity contribution in [2.75, 3.05) is 12.4 Å². The number of fused-ring (bicyclic) bond motifs is 1. The fraction of sp³-hybridized carbons (Fsp3) is 0.647. The van der Waals surface area contributed by atoms with E-state index >= 15 is 0 Å². The lowest BCUT2D eigenvalue weighted by molar-refractivity contribution is 0.173.